The molecule has 1 aromatic carbocycles. The van der Waals surface area contributed by atoms with Gasteiger partial charge in [0.25, 0.3) is 0 Å². The lowest BCUT2D eigenvalue weighted by Gasteiger charge is -2.24. The molecule has 0 aliphatic carbocycles. The Kier molecular flexibility index (Phi) is 4.94. The number of nitrogens with one attached hydrogen (secondary N) is 2. The van der Waals surface area contributed by atoms with Crippen molar-refractivity contribution in [2.75, 3.05) is 10.6 Å². The number of carbonyl (C=O) groups excluding carboxylic acids is 2. The Balaban J connectivity index is 1.55. The van der Waals surface area contributed by atoms with Crippen LogP contribution < -0.4 is 10.6 Å². The number of anilines is 2. The molecule has 0 saturated carbocycles. The van der Waals surface area contributed by atoms with Crippen molar-refractivity contribution in [3.05, 3.63) is 40.4 Å². The Bertz CT molecular complexity index is 769. The van der Waals surface area contributed by atoms with Gasteiger partial charge in [-0.25, -0.2) is 4.98 Å². The minimum atomic E-state index is -0.158. The average molecular weight is 343 g/mol. The fraction of sp³-hybridized carbons (Fsp3) is 0.389. The van der Waals surface area contributed by atoms with Crippen LogP contribution in [0.5, 0.6) is 0 Å². The van der Waals surface area contributed by atoms with Gasteiger partial charge < -0.3 is 10.6 Å². The Morgan fingerprint density at radius 2 is 2.21 bits per heavy atom. The molecule has 0 fully saturated rings. The molecule has 126 valence electrons. The van der Waals surface area contributed by atoms with Crippen molar-refractivity contribution >= 4 is 34.0 Å². The smallest absolute Gasteiger partial charge is 0.227 e. The van der Waals surface area contributed by atoms with Gasteiger partial charge in [0, 0.05) is 22.9 Å². The van der Waals surface area contributed by atoms with E-state index in [0.717, 1.165) is 28.2 Å². The fourth-order valence-electron chi connectivity index (χ4n) is 2.94. The van der Waals surface area contributed by atoms with Crippen LogP contribution in [0.25, 0.3) is 0 Å². The Labute approximate surface area is 145 Å². The second kappa shape index (κ2) is 7.13. The van der Waals surface area contributed by atoms with Gasteiger partial charge in [0.1, 0.15) is 0 Å². The molecule has 24 heavy (non-hydrogen) atoms. The van der Waals surface area contributed by atoms with Gasteiger partial charge in [-0.3, -0.25) is 9.59 Å². The first kappa shape index (κ1) is 16.6. The SMILES string of the molecule is CCc1nc(NC(=O)CC[C@@H]2Cc3ccccc3NC2=O)sc1C. The summed E-state index contributed by atoms with van der Waals surface area (Å²) >= 11 is 1.50. The maximum Gasteiger partial charge on any atom is 0.227 e. The summed E-state index contributed by atoms with van der Waals surface area (Å²) in [4.78, 5) is 29.9. The van der Waals surface area contributed by atoms with Crippen molar-refractivity contribution in [2.24, 2.45) is 5.92 Å². The van der Waals surface area contributed by atoms with Crippen molar-refractivity contribution in [1.29, 1.82) is 0 Å². The first-order chi connectivity index (χ1) is 11.6. The molecular formula is C18H21N3O2S. The summed E-state index contributed by atoms with van der Waals surface area (Å²) < 4.78 is 0. The highest BCUT2D eigenvalue weighted by Crippen LogP contribution is 2.28. The van der Waals surface area contributed by atoms with Gasteiger partial charge in [-0.15, -0.1) is 11.3 Å². The normalized spacial score (nSPS) is 16.4. The highest BCUT2D eigenvalue weighted by atomic mass is 32.1. The Morgan fingerprint density at radius 1 is 1.42 bits per heavy atom. The lowest BCUT2D eigenvalue weighted by molar-refractivity contribution is -0.121. The maximum absolute atomic E-state index is 12.2. The highest BCUT2D eigenvalue weighted by Gasteiger charge is 2.26. The van der Waals surface area contributed by atoms with Crippen molar-refractivity contribution < 1.29 is 9.59 Å². The van der Waals surface area contributed by atoms with E-state index >= 15 is 0 Å². The van der Waals surface area contributed by atoms with E-state index in [1.54, 1.807) is 0 Å². The minimum Gasteiger partial charge on any atom is -0.326 e. The standard InChI is InChI=1S/C18H21N3O2S/c1-3-14-11(2)24-18(20-14)21-16(22)9-8-13-10-12-6-4-5-7-15(12)19-17(13)23/h4-7,13H,3,8-10H2,1-2H3,(H,19,23)(H,20,21,22)/t13-/m1/s1. The molecule has 0 unspecified atom stereocenters. The predicted octanol–water partition coefficient (Wildman–Crippen LogP) is 3.54. The van der Waals surface area contributed by atoms with Crippen LogP contribution in [-0.2, 0) is 22.4 Å². The third kappa shape index (κ3) is 3.64. The maximum atomic E-state index is 12.2. The zero-order valence-electron chi connectivity index (χ0n) is 13.9. The number of rotatable bonds is 5. The van der Waals surface area contributed by atoms with E-state index in [0.29, 0.717) is 24.4 Å². The Morgan fingerprint density at radius 3 is 2.96 bits per heavy atom. The number of carbonyl (C=O) groups is 2. The topological polar surface area (TPSA) is 71.1 Å². The van der Waals surface area contributed by atoms with Crippen LogP contribution in [0, 0.1) is 12.8 Å². The quantitative estimate of drug-likeness (QED) is 0.872. The average Bonchev–Trinajstić information content (AvgIpc) is 2.92. The molecule has 2 N–H and O–H groups in total. The number of thiazole rings is 1. The molecule has 3 rings (SSSR count). The molecule has 2 aromatic rings. The van der Waals surface area contributed by atoms with Gasteiger partial charge >= 0.3 is 0 Å². The summed E-state index contributed by atoms with van der Waals surface area (Å²) in [5.41, 5.74) is 3.04. The van der Waals surface area contributed by atoms with Crippen molar-refractivity contribution in [3.8, 4) is 0 Å². The van der Waals surface area contributed by atoms with Gasteiger partial charge in [0.15, 0.2) is 5.13 Å². The number of aromatic nitrogens is 1. The van der Waals surface area contributed by atoms with Gasteiger partial charge in [0.2, 0.25) is 11.8 Å². The van der Waals surface area contributed by atoms with Gasteiger partial charge in [-0.05, 0) is 37.8 Å². The molecule has 0 saturated heterocycles. The van der Waals surface area contributed by atoms with E-state index in [9.17, 15) is 9.59 Å². The molecule has 5 nitrogen and oxygen atoms in total. The molecule has 1 aliphatic rings. The van der Waals surface area contributed by atoms with E-state index in [1.165, 1.54) is 11.3 Å². The zero-order chi connectivity index (χ0) is 17.1. The molecular weight excluding hydrogens is 322 g/mol. The third-order valence-electron chi connectivity index (χ3n) is 4.31. The van der Waals surface area contributed by atoms with E-state index in [1.807, 2.05) is 38.1 Å². The van der Waals surface area contributed by atoms with Gasteiger partial charge in [-0.1, -0.05) is 25.1 Å². The third-order valence-corrected chi connectivity index (χ3v) is 5.23. The monoisotopic (exact) mass is 343 g/mol. The van der Waals surface area contributed by atoms with E-state index in [-0.39, 0.29) is 17.7 Å². The van der Waals surface area contributed by atoms with Crippen LogP contribution in [0.15, 0.2) is 24.3 Å². The second-order valence-corrected chi connectivity index (χ2v) is 7.21. The lowest BCUT2D eigenvalue weighted by atomic mass is 9.89. The van der Waals surface area contributed by atoms with Crippen LogP contribution in [0.3, 0.4) is 0 Å². The Hall–Kier alpha value is -2.21. The summed E-state index contributed by atoms with van der Waals surface area (Å²) in [5, 5.41) is 6.41. The summed E-state index contributed by atoms with van der Waals surface area (Å²) in [6.45, 7) is 4.06. The number of benzene rings is 1. The van der Waals surface area contributed by atoms with Crippen molar-refractivity contribution in [3.63, 3.8) is 0 Å². The number of fused-ring (bicyclic) bond motifs is 1. The number of nitrogens with zero attached hydrogens (tertiary/aromatic N) is 1. The van der Waals surface area contributed by atoms with Crippen molar-refractivity contribution in [2.45, 2.75) is 39.5 Å². The number of aryl methyl sites for hydroxylation is 2. The predicted molar refractivity (Wildman–Crippen MR) is 96.4 cm³/mol. The van der Waals surface area contributed by atoms with Crippen LogP contribution >= 0.6 is 11.3 Å². The first-order valence-electron chi connectivity index (χ1n) is 8.21. The molecule has 1 aromatic heterocycles. The van der Waals surface area contributed by atoms with Crippen LogP contribution in [0.4, 0.5) is 10.8 Å². The second-order valence-electron chi connectivity index (χ2n) is 6.01. The van der Waals surface area contributed by atoms with E-state index in [2.05, 4.69) is 15.6 Å². The summed E-state index contributed by atoms with van der Waals surface area (Å²) in [6.07, 6.45) is 2.41. The molecule has 2 heterocycles. The molecule has 6 heteroatoms. The number of hydrogen-bond acceptors (Lipinski definition) is 4. The zero-order valence-corrected chi connectivity index (χ0v) is 14.7. The van der Waals surface area contributed by atoms with Gasteiger partial charge in [0.05, 0.1) is 5.69 Å². The van der Waals surface area contributed by atoms with Crippen LogP contribution in [0.1, 0.15) is 35.9 Å². The molecule has 1 aliphatic heterocycles. The summed E-state index contributed by atoms with van der Waals surface area (Å²) in [5.74, 6) is -0.243. The van der Waals surface area contributed by atoms with Crippen molar-refractivity contribution in [1.82, 2.24) is 4.98 Å². The van der Waals surface area contributed by atoms with E-state index < -0.39 is 0 Å². The largest absolute Gasteiger partial charge is 0.326 e. The van der Waals surface area contributed by atoms with E-state index in [4.69, 9.17) is 0 Å². The molecule has 2 amide bonds. The first-order valence-corrected chi connectivity index (χ1v) is 9.03. The molecule has 1 atom stereocenters. The van der Waals surface area contributed by atoms with Crippen LogP contribution in [0.2, 0.25) is 0 Å². The molecule has 0 spiro atoms. The highest BCUT2D eigenvalue weighted by molar-refractivity contribution is 7.15. The summed E-state index contributed by atoms with van der Waals surface area (Å²) in [6, 6.07) is 7.81. The summed E-state index contributed by atoms with van der Waals surface area (Å²) in [7, 11) is 0. The molecule has 0 radical (unpaired) electrons. The lowest BCUT2D eigenvalue weighted by Crippen LogP contribution is -2.30. The number of para-hydroxylation sites is 1. The molecule has 0 bridgehead atoms. The number of hydrogen-bond donors (Lipinski definition) is 2. The fourth-order valence-corrected chi connectivity index (χ4v) is 3.86. The number of amides is 2. The van der Waals surface area contributed by atoms with Crippen LogP contribution in [-0.4, -0.2) is 16.8 Å². The van der Waals surface area contributed by atoms with Gasteiger partial charge in [-0.2, -0.15) is 0 Å². The minimum absolute atomic E-state index is 0.000128.